The van der Waals surface area contributed by atoms with Crippen molar-refractivity contribution < 1.29 is 0 Å². The molecule has 7 heavy (non-hydrogen) atoms. The Morgan fingerprint density at radius 2 is 2.57 bits per heavy atom. The first kappa shape index (κ1) is 5.05. The van der Waals surface area contributed by atoms with Gasteiger partial charge in [-0.25, -0.2) is 4.99 Å². The van der Waals surface area contributed by atoms with Crippen LogP contribution >= 0.6 is 24.0 Å². The summed E-state index contributed by atoms with van der Waals surface area (Å²) in [4.78, 5) is 4.49. The van der Waals surface area contributed by atoms with Gasteiger partial charge in [0.05, 0.1) is 5.75 Å². The van der Waals surface area contributed by atoms with E-state index in [1.165, 1.54) is 11.8 Å². The van der Waals surface area contributed by atoms with Crippen LogP contribution in [0.5, 0.6) is 0 Å². The van der Waals surface area contributed by atoms with Gasteiger partial charge in [0, 0.05) is 0 Å². The second-order valence-electron chi connectivity index (χ2n) is 1.13. The van der Waals surface area contributed by atoms with Gasteiger partial charge in [-0.2, -0.15) is 0 Å². The monoisotopic (exact) mass is 132 g/mol. The van der Waals surface area contributed by atoms with E-state index in [2.05, 4.69) is 4.99 Å². The fourth-order valence-electron chi connectivity index (χ4n) is 0.323. The average Bonchev–Trinajstić information content (AvgIpc) is 1.87. The lowest BCUT2D eigenvalue weighted by molar-refractivity contribution is 1.68. The van der Waals surface area contributed by atoms with Gasteiger partial charge in [0.15, 0.2) is 5.17 Å². The van der Waals surface area contributed by atoms with Gasteiger partial charge >= 0.3 is 0 Å². The van der Waals surface area contributed by atoms with E-state index in [1.54, 1.807) is 0 Å². The summed E-state index contributed by atoms with van der Waals surface area (Å²) in [6, 6.07) is 0. The molecule has 2 nitrogen and oxygen atoms in total. The topological polar surface area (TPSA) is 38.4 Å². The standard InChI is InChI=1S/C3H4N2S2/c4-3-5-2(6)1-7-3/h1H2,(H2,4,5,6). The SMILES string of the molecule is NC1=NC(=S)CS1. The summed E-state index contributed by atoms with van der Waals surface area (Å²) in [6.07, 6.45) is 0. The van der Waals surface area contributed by atoms with E-state index in [0.29, 0.717) is 10.2 Å². The van der Waals surface area contributed by atoms with Crippen molar-refractivity contribution in [3.63, 3.8) is 0 Å². The molecule has 0 saturated heterocycles. The molecule has 38 valence electrons. The molecular formula is C3H4N2S2. The van der Waals surface area contributed by atoms with E-state index in [4.69, 9.17) is 18.0 Å². The molecule has 0 unspecified atom stereocenters. The van der Waals surface area contributed by atoms with Crippen molar-refractivity contribution in [2.75, 3.05) is 5.75 Å². The highest BCUT2D eigenvalue weighted by atomic mass is 32.2. The Morgan fingerprint density at radius 1 is 1.86 bits per heavy atom. The lowest BCUT2D eigenvalue weighted by Gasteiger charge is -1.77. The lowest BCUT2D eigenvalue weighted by Crippen LogP contribution is -2.00. The van der Waals surface area contributed by atoms with Crippen LogP contribution in [0.15, 0.2) is 4.99 Å². The normalized spacial score (nSPS) is 20.0. The van der Waals surface area contributed by atoms with Gasteiger partial charge < -0.3 is 5.73 Å². The maximum atomic E-state index is 5.25. The zero-order chi connectivity index (χ0) is 5.28. The van der Waals surface area contributed by atoms with Crippen LogP contribution in [-0.4, -0.2) is 15.9 Å². The molecule has 0 spiro atoms. The summed E-state index contributed by atoms with van der Waals surface area (Å²) in [6.45, 7) is 0. The van der Waals surface area contributed by atoms with Crippen molar-refractivity contribution in [2.24, 2.45) is 10.7 Å². The summed E-state index contributed by atoms with van der Waals surface area (Å²) in [5, 5.41) is 0.602. The van der Waals surface area contributed by atoms with Crippen molar-refractivity contribution in [1.82, 2.24) is 0 Å². The third kappa shape index (κ3) is 1.14. The fourth-order valence-corrected chi connectivity index (χ4v) is 1.17. The van der Waals surface area contributed by atoms with Crippen molar-refractivity contribution in [3.8, 4) is 0 Å². The van der Waals surface area contributed by atoms with Crippen molar-refractivity contribution >= 4 is 34.1 Å². The molecule has 4 heteroatoms. The first-order valence-electron chi connectivity index (χ1n) is 1.79. The predicted molar refractivity (Wildman–Crippen MR) is 36.7 cm³/mol. The molecule has 0 fully saturated rings. The number of rotatable bonds is 0. The van der Waals surface area contributed by atoms with Gasteiger partial charge in [-0.1, -0.05) is 24.0 Å². The van der Waals surface area contributed by atoms with Gasteiger partial charge in [0.2, 0.25) is 0 Å². The molecule has 0 amide bonds. The summed E-state index contributed by atoms with van der Waals surface area (Å²) < 4.78 is 0. The van der Waals surface area contributed by atoms with Crippen LogP contribution in [-0.2, 0) is 0 Å². The Bertz CT molecular complexity index is 129. The summed E-state index contributed by atoms with van der Waals surface area (Å²) >= 11 is 6.20. The number of hydrogen-bond acceptors (Lipinski definition) is 3. The highest BCUT2D eigenvalue weighted by molar-refractivity contribution is 8.15. The van der Waals surface area contributed by atoms with Crippen LogP contribution < -0.4 is 5.73 Å². The Labute approximate surface area is 51.2 Å². The number of thiocarbonyl (C=S) groups is 1. The third-order valence-electron chi connectivity index (χ3n) is 0.578. The van der Waals surface area contributed by atoms with E-state index in [1.807, 2.05) is 0 Å². The number of nitrogens with zero attached hydrogens (tertiary/aromatic N) is 1. The molecule has 0 aromatic rings. The molecule has 0 saturated carbocycles. The van der Waals surface area contributed by atoms with Gasteiger partial charge in [-0.15, -0.1) is 0 Å². The van der Waals surface area contributed by atoms with Crippen molar-refractivity contribution in [3.05, 3.63) is 0 Å². The first-order chi connectivity index (χ1) is 3.29. The highest BCUT2D eigenvalue weighted by Crippen LogP contribution is 2.08. The molecule has 1 aliphatic rings. The van der Waals surface area contributed by atoms with E-state index in [9.17, 15) is 0 Å². The minimum Gasteiger partial charge on any atom is -0.378 e. The summed E-state index contributed by atoms with van der Waals surface area (Å²) in [5.41, 5.74) is 5.25. The number of aliphatic imine (C=N–C) groups is 1. The van der Waals surface area contributed by atoms with Gasteiger partial charge in [0.1, 0.15) is 4.99 Å². The minimum atomic E-state index is 0.602. The van der Waals surface area contributed by atoms with Gasteiger partial charge in [-0.05, 0) is 0 Å². The van der Waals surface area contributed by atoms with Crippen LogP contribution in [0.3, 0.4) is 0 Å². The van der Waals surface area contributed by atoms with E-state index in [-0.39, 0.29) is 0 Å². The molecule has 1 rings (SSSR count). The molecule has 0 aromatic heterocycles. The number of amidine groups is 1. The van der Waals surface area contributed by atoms with Crippen LogP contribution in [0.25, 0.3) is 0 Å². The zero-order valence-electron chi connectivity index (χ0n) is 3.55. The molecule has 1 aliphatic heterocycles. The quantitative estimate of drug-likeness (QED) is 0.484. The maximum Gasteiger partial charge on any atom is 0.160 e. The molecule has 0 atom stereocenters. The minimum absolute atomic E-state index is 0.602. The van der Waals surface area contributed by atoms with E-state index in [0.717, 1.165) is 5.75 Å². The second-order valence-corrected chi connectivity index (χ2v) is 2.60. The Balaban J connectivity index is 2.67. The van der Waals surface area contributed by atoms with Gasteiger partial charge in [-0.3, -0.25) is 0 Å². The van der Waals surface area contributed by atoms with Gasteiger partial charge in [0.25, 0.3) is 0 Å². The Kier molecular flexibility index (Phi) is 1.30. The smallest absolute Gasteiger partial charge is 0.160 e. The Morgan fingerprint density at radius 3 is 2.71 bits per heavy atom. The number of thioether (sulfide) groups is 1. The maximum absolute atomic E-state index is 5.25. The molecule has 0 bridgehead atoms. The third-order valence-corrected chi connectivity index (χ3v) is 1.80. The highest BCUT2D eigenvalue weighted by Gasteiger charge is 2.05. The molecule has 0 radical (unpaired) electrons. The Hall–Kier alpha value is -0.0900. The summed E-state index contributed by atoms with van der Waals surface area (Å²) in [7, 11) is 0. The molecule has 0 aliphatic carbocycles. The largest absolute Gasteiger partial charge is 0.378 e. The van der Waals surface area contributed by atoms with Crippen molar-refractivity contribution in [2.45, 2.75) is 0 Å². The number of hydrogen-bond donors (Lipinski definition) is 1. The van der Waals surface area contributed by atoms with Crippen LogP contribution in [0.2, 0.25) is 0 Å². The van der Waals surface area contributed by atoms with Crippen LogP contribution in [0.1, 0.15) is 0 Å². The molecule has 0 aromatic carbocycles. The zero-order valence-corrected chi connectivity index (χ0v) is 5.18. The summed E-state index contributed by atoms with van der Waals surface area (Å²) in [5.74, 6) is 0.793. The van der Waals surface area contributed by atoms with E-state index >= 15 is 0 Å². The molecular weight excluding hydrogens is 128 g/mol. The number of nitrogens with two attached hydrogens (primary N) is 1. The second kappa shape index (κ2) is 1.79. The van der Waals surface area contributed by atoms with Crippen LogP contribution in [0, 0.1) is 0 Å². The first-order valence-corrected chi connectivity index (χ1v) is 3.18. The van der Waals surface area contributed by atoms with Crippen LogP contribution in [0.4, 0.5) is 0 Å². The predicted octanol–water partition coefficient (Wildman–Crippen LogP) is 0.375. The lowest BCUT2D eigenvalue weighted by atomic mass is 10.8. The average molecular weight is 132 g/mol. The molecule has 2 N–H and O–H groups in total. The van der Waals surface area contributed by atoms with Crippen molar-refractivity contribution in [1.29, 1.82) is 0 Å². The fraction of sp³-hybridized carbons (Fsp3) is 0.333. The molecule has 1 heterocycles. The van der Waals surface area contributed by atoms with E-state index < -0.39 is 0 Å².